The van der Waals surface area contributed by atoms with E-state index in [-0.39, 0.29) is 30.2 Å². The van der Waals surface area contributed by atoms with E-state index < -0.39 is 5.60 Å². The molecule has 2 fully saturated rings. The van der Waals surface area contributed by atoms with E-state index in [0.29, 0.717) is 6.61 Å². The van der Waals surface area contributed by atoms with E-state index in [1.807, 2.05) is 25.1 Å². The van der Waals surface area contributed by atoms with Crippen molar-refractivity contribution in [3.05, 3.63) is 120 Å². The predicted octanol–water partition coefficient (Wildman–Crippen LogP) is 7.22. The fourth-order valence-corrected chi connectivity index (χ4v) is 5.88. The molecule has 2 heterocycles. The van der Waals surface area contributed by atoms with E-state index in [0.717, 1.165) is 60.8 Å². The summed E-state index contributed by atoms with van der Waals surface area (Å²) in [6.45, 7) is 6.82. The minimum atomic E-state index is -0.692. The topological polar surface area (TPSA) is 44.8 Å². The Kier molecular flexibility index (Phi) is 8.41. The number of rotatable bonds is 11. The molecule has 5 rings (SSSR count). The Morgan fingerprint density at radius 3 is 1.87 bits per heavy atom. The lowest BCUT2D eigenvalue weighted by Gasteiger charge is -2.36. The number of hydrogen-bond acceptors (Lipinski definition) is 4. The molecule has 2 aliphatic rings. The average molecular weight is 511 g/mol. The van der Waals surface area contributed by atoms with Crippen molar-refractivity contribution in [2.24, 2.45) is 5.92 Å². The standard InChI is InChI=1S/C34H38O4/c1-25-23-30(37-32(25)21-20-31-24-26(2)33(35)38-31)19-12-22-36-34(27-13-6-3-7-14-27,28-15-8-4-9-16-28)29-17-10-5-11-18-29/h3-11,13-18,26,30-32H,1,12,19-24H2,2H3/t26-,30+,31-,32?/m1/s1. The van der Waals surface area contributed by atoms with Crippen LogP contribution in [0.5, 0.6) is 0 Å². The van der Waals surface area contributed by atoms with Crippen LogP contribution in [0, 0.1) is 5.92 Å². The molecule has 0 saturated carbocycles. The number of hydrogen-bond donors (Lipinski definition) is 0. The molecule has 0 bridgehead atoms. The van der Waals surface area contributed by atoms with Crippen LogP contribution in [0.15, 0.2) is 103 Å². The molecule has 3 aromatic rings. The molecule has 0 spiro atoms. The molecule has 1 unspecified atom stereocenters. The fourth-order valence-electron chi connectivity index (χ4n) is 5.88. The molecule has 2 aliphatic heterocycles. The SMILES string of the molecule is C=C1C[C@H](CCCOC(c2ccccc2)(c2ccccc2)c2ccccc2)OC1CC[C@@H]1C[C@@H](C)C(=O)O1. The lowest BCUT2D eigenvalue weighted by Crippen LogP contribution is -2.33. The van der Waals surface area contributed by atoms with Gasteiger partial charge in [0.25, 0.3) is 0 Å². The van der Waals surface area contributed by atoms with Gasteiger partial charge in [0.2, 0.25) is 0 Å². The van der Waals surface area contributed by atoms with Crippen molar-refractivity contribution >= 4 is 5.97 Å². The van der Waals surface area contributed by atoms with Gasteiger partial charge in [-0.2, -0.15) is 0 Å². The molecule has 4 heteroatoms. The first kappa shape index (κ1) is 26.4. The number of carbonyl (C=O) groups is 1. The maximum absolute atomic E-state index is 11.7. The van der Waals surface area contributed by atoms with Crippen molar-refractivity contribution in [2.75, 3.05) is 6.61 Å². The van der Waals surface area contributed by atoms with Gasteiger partial charge in [0.15, 0.2) is 0 Å². The van der Waals surface area contributed by atoms with Crippen LogP contribution in [-0.4, -0.2) is 30.9 Å². The van der Waals surface area contributed by atoms with Crippen molar-refractivity contribution in [1.82, 2.24) is 0 Å². The Balaban J connectivity index is 1.23. The zero-order valence-electron chi connectivity index (χ0n) is 22.3. The van der Waals surface area contributed by atoms with E-state index in [9.17, 15) is 4.79 Å². The molecule has 4 atom stereocenters. The summed E-state index contributed by atoms with van der Waals surface area (Å²) < 4.78 is 18.8. The number of cyclic esters (lactones) is 1. The summed E-state index contributed by atoms with van der Waals surface area (Å²) >= 11 is 0. The van der Waals surface area contributed by atoms with Crippen LogP contribution in [0.2, 0.25) is 0 Å². The smallest absolute Gasteiger partial charge is 0.309 e. The van der Waals surface area contributed by atoms with E-state index in [1.54, 1.807) is 0 Å². The maximum atomic E-state index is 11.7. The van der Waals surface area contributed by atoms with Crippen LogP contribution in [0.4, 0.5) is 0 Å². The summed E-state index contributed by atoms with van der Waals surface area (Å²) in [5.74, 6) is -0.0631. The number of benzene rings is 3. The van der Waals surface area contributed by atoms with Gasteiger partial charge in [0.1, 0.15) is 11.7 Å². The maximum Gasteiger partial charge on any atom is 0.309 e. The lowest BCUT2D eigenvalue weighted by atomic mass is 9.80. The quantitative estimate of drug-likeness (QED) is 0.118. The molecular formula is C34H38O4. The number of carbonyl (C=O) groups excluding carboxylic acids is 1. The third kappa shape index (κ3) is 5.77. The van der Waals surface area contributed by atoms with Crippen molar-refractivity contribution in [1.29, 1.82) is 0 Å². The third-order valence-electron chi connectivity index (χ3n) is 7.88. The third-order valence-corrected chi connectivity index (χ3v) is 7.88. The minimum absolute atomic E-state index is 0.00947. The molecule has 198 valence electrons. The van der Waals surface area contributed by atoms with Gasteiger partial charge in [0, 0.05) is 6.61 Å². The van der Waals surface area contributed by atoms with Gasteiger partial charge in [-0.15, -0.1) is 0 Å². The fraction of sp³-hybridized carbons (Fsp3) is 0.382. The highest BCUT2D eigenvalue weighted by Gasteiger charge is 2.38. The molecule has 0 N–H and O–H groups in total. The second kappa shape index (κ2) is 12.1. The Morgan fingerprint density at radius 1 is 0.816 bits per heavy atom. The first-order valence-electron chi connectivity index (χ1n) is 13.9. The largest absolute Gasteiger partial charge is 0.462 e. The minimum Gasteiger partial charge on any atom is -0.462 e. The van der Waals surface area contributed by atoms with E-state index in [4.69, 9.17) is 14.2 Å². The predicted molar refractivity (Wildman–Crippen MR) is 150 cm³/mol. The van der Waals surface area contributed by atoms with Crippen LogP contribution in [0.1, 0.15) is 62.1 Å². The van der Waals surface area contributed by atoms with Crippen LogP contribution in [0.25, 0.3) is 0 Å². The molecule has 0 amide bonds. The first-order valence-corrected chi connectivity index (χ1v) is 13.9. The Hall–Kier alpha value is -3.21. The normalized spacial score (nSPS) is 23.5. The summed E-state index contributed by atoms with van der Waals surface area (Å²) in [7, 11) is 0. The van der Waals surface area contributed by atoms with Crippen molar-refractivity contribution in [3.8, 4) is 0 Å². The molecule has 0 radical (unpaired) electrons. The van der Waals surface area contributed by atoms with Gasteiger partial charge in [0.05, 0.1) is 18.1 Å². The molecular weight excluding hydrogens is 472 g/mol. The average Bonchev–Trinajstić information content (AvgIpc) is 3.48. The van der Waals surface area contributed by atoms with Crippen LogP contribution in [-0.2, 0) is 24.6 Å². The summed E-state index contributed by atoms with van der Waals surface area (Å²) in [4.78, 5) is 11.7. The molecule has 3 aromatic carbocycles. The number of ether oxygens (including phenoxy) is 3. The number of esters is 1. The van der Waals surface area contributed by atoms with Crippen molar-refractivity contribution < 1.29 is 19.0 Å². The Labute approximate surface area is 226 Å². The van der Waals surface area contributed by atoms with Crippen molar-refractivity contribution in [2.45, 2.75) is 69.4 Å². The summed E-state index contributed by atoms with van der Waals surface area (Å²) in [6, 6.07) is 31.5. The van der Waals surface area contributed by atoms with E-state index in [1.165, 1.54) is 0 Å². The molecule has 0 aliphatic carbocycles. The Morgan fingerprint density at radius 2 is 1.37 bits per heavy atom. The summed E-state index contributed by atoms with van der Waals surface area (Å²) in [5, 5.41) is 0. The Bertz CT molecular complexity index is 1090. The highest BCUT2D eigenvalue weighted by Crippen LogP contribution is 2.41. The van der Waals surface area contributed by atoms with Gasteiger partial charge in [-0.1, -0.05) is 104 Å². The lowest BCUT2D eigenvalue weighted by molar-refractivity contribution is -0.144. The molecule has 0 aromatic heterocycles. The van der Waals surface area contributed by atoms with Gasteiger partial charge in [-0.3, -0.25) is 4.79 Å². The zero-order chi connectivity index (χ0) is 26.4. The molecule has 2 saturated heterocycles. The van der Waals surface area contributed by atoms with E-state index in [2.05, 4.69) is 79.4 Å². The van der Waals surface area contributed by atoms with Gasteiger partial charge in [-0.05, 0) is 60.8 Å². The molecule has 38 heavy (non-hydrogen) atoms. The first-order chi connectivity index (χ1) is 18.6. The van der Waals surface area contributed by atoms with Crippen LogP contribution < -0.4 is 0 Å². The van der Waals surface area contributed by atoms with Gasteiger partial charge < -0.3 is 14.2 Å². The second-order valence-electron chi connectivity index (χ2n) is 10.7. The monoisotopic (exact) mass is 510 g/mol. The van der Waals surface area contributed by atoms with Crippen molar-refractivity contribution in [3.63, 3.8) is 0 Å². The highest BCUT2D eigenvalue weighted by molar-refractivity contribution is 5.74. The summed E-state index contributed by atoms with van der Waals surface area (Å²) in [6.07, 6.45) is 5.41. The van der Waals surface area contributed by atoms with Gasteiger partial charge in [-0.25, -0.2) is 0 Å². The van der Waals surface area contributed by atoms with E-state index >= 15 is 0 Å². The highest BCUT2D eigenvalue weighted by atomic mass is 16.6. The van der Waals surface area contributed by atoms with Crippen LogP contribution >= 0.6 is 0 Å². The second-order valence-corrected chi connectivity index (χ2v) is 10.7. The van der Waals surface area contributed by atoms with Gasteiger partial charge >= 0.3 is 5.97 Å². The summed E-state index contributed by atoms with van der Waals surface area (Å²) in [5.41, 5.74) is 3.81. The van der Waals surface area contributed by atoms with Crippen LogP contribution in [0.3, 0.4) is 0 Å². The molecule has 4 nitrogen and oxygen atoms in total. The zero-order valence-corrected chi connectivity index (χ0v) is 22.3.